The number of aryl methyl sites for hydroxylation is 1. The highest BCUT2D eigenvalue weighted by Crippen LogP contribution is 2.17. The van der Waals surface area contributed by atoms with Gasteiger partial charge in [0.05, 0.1) is 0 Å². The molecular weight excluding hydrogens is 412 g/mol. The van der Waals surface area contributed by atoms with Crippen molar-refractivity contribution in [2.24, 2.45) is 0 Å². The van der Waals surface area contributed by atoms with Crippen molar-refractivity contribution >= 4 is 5.78 Å². The second kappa shape index (κ2) is 16.1. The molecule has 1 atom stereocenters. The van der Waals surface area contributed by atoms with Gasteiger partial charge >= 0.3 is 0 Å². The molecule has 2 N–H and O–H groups in total. The van der Waals surface area contributed by atoms with Crippen molar-refractivity contribution in [3.8, 4) is 11.5 Å². The van der Waals surface area contributed by atoms with E-state index >= 15 is 0 Å². The SMILES string of the molecule is CCCCCCCCCCCCc1ccc(OC(O)C=CCC(=O)c2ccc(O)cc2)cc1. The standard InChI is InChI=1S/C29H40O4/c1-2-3-4-5-6-7-8-9-10-11-13-24-16-22-27(23-17-24)33-29(32)15-12-14-28(31)25-18-20-26(30)21-19-25/h12,15-23,29-30,32H,2-11,13-14H2,1H3. The van der Waals surface area contributed by atoms with Crippen molar-refractivity contribution in [1.29, 1.82) is 0 Å². The van der Waals surface area contributed by atoms with Crippen LogP contribution < -0.4 is 4.74 Å². The molecule has 0 spiro atoms. The van der Waals surface area contributed by atoms with Crippen molar-refractivity contribution in [1.82, 2.24) is 0 Å². The molecule has 0 bridgehead atoms. The van der Waals surface area contributed by atoms with Crippen molar-refractivity contribution in [3.63, 3.8) is 0 Å². The van der Waals surface area contributed by atoms with E-state index in [2.05, 4.69) is 6.92 Å². The zero-order valence-electron chi connectivity index (χ0n) is 20.0. The van der Waals surface area contributed by atoms with Crippen molar-refractivity contribution in [3.05, 3.63) is 71.8 Å². The van der Waals surface area contributed by atoms with Gasteiger partial charge in [-0.1, -0.05) is 82.9 Å². The van der Waals surface area contributed by atoms with Crippen LogP contribution in [-0.2, 0) is 6.42 Å². The molecule has 0 saturated heterocycles. The summed E-state index contributed by atoms with van der Waals surface area (Å²) in [5, 5.41) is 19.3. The highest BCUT2D eigenvalue weighted by Gasteiger charge is 2.05. The van der Waals surface area contributed by atoms with Gasteiger partial charge in [-0.05, 0) is 60.9 Å². The van der Waals surface area contributed by atoms with Gasteiger partial charge in [-0.25, -0.2) is 0 Å². The van der Waals surface area contributed by atoms with E-state index in [0.29, 0.717) is 11.3 Å². The van der Waals surface area contributed by atoms with E-state index in [9.17, 15) is 15.0 Å². The van der Waals surface area contributed by atoms with Gasteiger partial charge in [0.2, 0.25) is 6.29 Å². The minimum atomic E-state index is -1.11. The normalized spacial score (nSPS) is 12.2. The zero-order valence-corrected chi connectivity index (χ0v) is 20.0. The third-order valence-electron chi connectivity index (χ3n) is 5.79. The fourth-order valence-electron chi connectivity index (χ4n) is 3.79. The van der Waals surface area contributed by atoms with Crippen LogP contribution in [0.2, 0.25) is 0 Å². The van der Waals surface area contributed by atoms with Crippen LogP contribution in [0.5, 0.6) is 11.5 Å². The van der Waals surface area contributed by atoms with E-state index in [1.807, 2.05) is 24.3 Å². The Kier molecular flexibility index (Phi) is 13.0. The number of unbranched alkanes of at least 4 members (excludes halogenated alkanes) is 9. The number of rotatable bonds is 17. The van der Waals surface area contributed by atoms with Gasteiger partial charge in [0.15, 0.2) is 5.78 Å². The largest absolute Gasteiger partial charge is 0.508 e. The first-order valence-electron chi connectivity index (χ1n) is 12.5. The van der Waals surface area contributed by atoms with Crippen molar-refractivity contribution < 1.29 is 19.7 Å². The molecule has 33 heavy (non-hydrogen) atoms. The quantitative estimate of drug-likeness (QED) is 0.114. The smallest absolute Gasteiger partial charge is 0.217 e. The van der Waals surface area contributed by atoms with E-state index in [4.69, 9.17) is 4.74 Å². The Balaban J connectivity index is 1.58. The summed E-state index contributed by atoms with van der Waals surface area (Å²) in [6, 6.07) is 14.0. The maximum Gasteiger partial charge on any atom is 0.217 e. The summed E-state index contributed by atoms with van der Waals surface area (Å²) < 4.78 is 5.50. The van der Waals surface area contributed by atoms with Gasteiger partial charge in [0, 0.05) is 12.0 Å². The number of ketones is 1. The lowest BCUT2D eigenvalue weighted by Crippen LogP contribution is -2.12. The molecule has 180 valence electrons. The molecule has 2 rings (SSSR count). The fourth-order valence-corrected chi connectivity index (χ4v) is 3.79. The van der Waals surface area contributed by atoms with Gasteiger partial charge in [0.1, 0.15) is 11.5 Å². The predicted octanol–water partition coefficient (Wildman–Crippen LogP) is 7.38. The number of aliphatic hydroxyl groups is 1. The molecule has 0 aliphatic rings. The van der Waals surface area contributed by atoms with Gasteiger partial charge in [-0.2, -0.15) is 0 Å². The Hall–Kier alpha value is -2.59. The van der Waals surface area contributed by atoms with Gasteiger partial charge in [-0.15, -0.1) is 0 Å². The number of carbonyl (C=O) groups is 1. The first kappa shape index (κ1) is 26.7. The number of aliphatic hydroxyl groups excluding tert-OH is 1. The predicted molar refractivity (Wildman–Crippen MR) is 135 cm³/mol. The summed E-state index contributed by atoms with van der Waals surface area (Å²) >= 11 is 0. The Morgan fingerprint density at radius 2 is 1.42 bits per heavy atom. The molecular formula is C29H40O4. The number of hydrogen-bond donors (Lipinski definition) is 2. The molecule has 4 nitrogen and oxygen atoms in total. The Morgan fingerprint density at radius 3 is 2.03 bits per heavy atom. The van der Waals surface area contributed by atoms with E-state index < -0.39 is 6.29 Å². The number of hydrogen-bond acceptors (Lipinski definition) is 4. The molecule has 4 heteroatoms. The molecule has 0 fully saturated rings. The summed E-state index contributed by atoms with van der Waals surface area (Å²) in [6.07, 6.45) is 16.6. The molecule has 0 amide bonds. The van der Waals surface area contributed by atoms with Crippen LogP contribution in [0.4, 0.5) is 0 Å². The Bertz CT molecular complexity index is 809. The maximum atomic E-state index is 12.1. The summed E-state index contributed by atoms with van der Waals surface area (Å²) in [5.41, 5.74) is 1.80. The van der Waals surface area contributed by atoms with Crippen LogP contribution in [-0.4, -0.2) is 22.3 Å². The molecule has 2 aromatic rings. The first-order chi connectivity index (χ1) is 16.1. The first-order valence-corrected chi connectivity index (χ1v) is 12.5. The highest BCUT2D eigenvalue weighted by atomic mass is 16.6. The summed E-state index contributed by atoms with van der Waals surface area (Å²) in [4.78, 5) is 12.1. The van der Waals surface area contributed by atoms with Crippen LogP contribution in [0.25, 0.3) is 0 Å². The van der Waals surface area contributed by atoms with Crippen molar-refractivity contribution in [2.45, 2.75) is 90.3 Å². The highest BCUT2D eigenvalue weighted by molar-refractivity contribution is 5.97. The fraction of sp³-hybridized carbons (Fsp3) is 0.483. The zero-order chi connectivity index (χ0) is 23.7. The molecule has 0 saturated carbocycles. The molecule has 2 aromatic carbocycles. The average Bonchev–Trinajstić information content (AvgIpc) is 2.81. The molecule has 0 aromatic heterocycles. The lowest BCUT2D eigenvalue weighted by Gasteiger charge is -2.10. The van der Waals surface area contributed by atoms with E-state index in [1.54, 1.807) is 18.2 Å². The van der Waals surface area contributed by atoms with Crippen LogP contribution in [0.1, 0.15) is 93.5 Å². The van der Waals surface area contributed by atoms with Crippen LogP contribution in [0.15, 0.2) is 60.7 Å². The lowest BCUT2D eigenvalue weighted by molar-refractivity contribution is 0.0246. The molecule has 0 heterocycles. The third-order valence-corrected chi connectivity index (χ3v) is 5.79. The summed E-state index contributed by atoms with van der Waals surface area (Å²) in [6.45, 7) is 2.26. The molecule has 0 aliphatic heterocycles. The molecule has 0 aliphatic carbocycles. The van der Waals surface area contributed by atoms with Crippen LogP contribution in [0.3, 0.4) is 0 Å². The second-order valence-electron chi connectivity index (χ2n) is 8.69. The second-order valence-corrected chi connectivity index (χ2v) is 8.69. The van der Waals surface area contributed by atoms with Gasteiger partial charge in [0.25, 0.3) is 0 Å². The molecule has 0 radical (unpaired) electrons. The van der Waals surface area contributed by atoms with Gasteiger partial charge in [-0.3, -0.25) is 4.79 Å². The number of phenols is 1. The lowest BCUT2D eigenvalue weighted by atomic mass is 10.0. The van der Waals surface area contributed by atoms with Crippen LogP contribution in [0, 0.1) is 0 Å². The number of Topliss-reactive ketones (excluding diaryl/α,β-unsaturated/α-hetero) is 1. The minimum Gasteiger partial charge on any atom is -0.508 e. The molecule has 1 unspecified atom stereocenters. The number of ether oxygens (including phenoxy) is 1. The van der Waals surface area contributed by atoms with E-state index in [-0.39, 0.29) is 18.0 Å². The van der Waals surface area contributed by atoms with Crippen LogP contribution >= 0.6 is 0 Å². The van der Waals surface area contributed by atoms with E-state index in [1.165, 1.54) is 88.0 Å². The Labute approximate surface area is 199 Å². The van der Waals surface area contributed by atoms with Crippen molar-refractivity contribution in [2.75, 3.05) is 0 Å². The number of phenolic OH excluding ortho intramolecular Hbond substituents is 1. The van der Waals surface area contributed by atoms with E-state index in [0.717, 1.165) is 6.42 Å². The number of aromatic hydroxyl groups is 1. The summed E-state index contributed by atoms with van der Waals surface area (Å²) in [5.74, 6) is 0.638. The van der Waals surface area contributed by atoms with Gasteiger partial charge < -0.3 is 14.9 Å². The minimum absolute atomic E-state index is 0.0882. The average molecular weight is 453 g/mol. The number of benzene rings is 2. The topological polar surface area (TPSA) is 66.8 Å². The number of carbonyl (C=O) groups excluding carboxylic acids is 1. The summed E-state index contributed by atoms with van der Waals surface area (Å²) in [7, 11) is 0. The number of allylic oxidation sites excluding steroid dienone is 1. The Morgan fingerprint density at radius 1 is 0.848 bits per heavy atom. The maximum absolute atomic E-state index is 12.1. The monoisotopic (exact) mass is 452 g/mol. The third kappa shape index (κ3) is 11.7.